The summed E-state index contributed by atoms with van der Waals surface area (Å²) in [7, 11) is 0. The van der Waals surface area contributed by atoms with E-state index in [1.165, 1.54) is 0 Å². The van der Waals surface area contributed by atoms with E-state index in [1.807, 2.05) is 75.4 Å². The molecule has 0 aliphatic carbocycles. The summed E-state index contributed by atoms with van der Waals surface area (Å²) >= 11 is 0. The van der Waals surface area contributed by atoms with Crippen LogP contribution < -0.4 is 10.6 Å². The molecular weight excluding hydrogens is 490 g/mol. The first-order chi connectivity index (χ1) is 18.4. The summed E-state index contributed by atoms with van der Waals surface area (Å²) in [5, 5.41) is 5.83. The fourth-order valence-corrected chi connectivity index (χ4v) is 4.40. The molecule has 0 heterocycles. The SMILES string of the molecule is CCCCCCCN(C(=O)C(NC(=O)OC(C)(C)C)C(C)C)C(C(=O)Nc1ccccc1C)c1ccccc1. The fourth-order valence-electron chi connectivity index (χ4n) is 4.40. The molecule has 2 rings (SSSR count). The number of rotatable bonds is 13. The van der Waals surface area contributed by atoms with Gasteiger partial charge < -0.3 is 20.3 Å². The number of nitrogens with zero attached hydrogens (tertiary/aromatic N) is 1. The molecule has 2 atom stereocenters. The van der Waals surface area contributed by atoms with Gasteiger partial charge in [-0.15, -0.1) is 0 Å². The summed E-state index contributed by atoms with van der Waals surface area (Å²) in [6.07, 6.45) is 4.35. The molecule has 0 aliphatic heterocycles. The molecule has 0 aromatic heterocycles. The van der Waals surface area contributed by atoms with Crippen molar-refractivity contribution in [3.05, 3.63) is 65.7 Å². The van der Waals surface area contributed by atoms with Crippen LogP contribution in [0.5, 0.6) is 0 Å². The van der Waals surface area contributed by atoms with Crippen LogP contribution in [0.4, 0.5) is 10.5 Å². The van der Waals surface area contributed by atoms with Crippen molar-refractivity contribution in [1.29, 1.82) is 0 Å². The quantitative estimate of drug-likeness (QED) is 0.269. The van der Waals surface area contributed by atoms with E-state index >= 15 is 0 Å². The maximum absolute atomic E-state index is 14.2. The van der Waals surface area contributed by atoms with Crippen LogP contribution in [0.2, 0.25) is 0 Å². The molecule has 3 amide bonds. The van der Waals surface area contributed by atoms with Gasteiger partial charge in [-0.2, -0.15) is 0 Å². The van der Waals surface area contributed by atoms with Crippen molar-refractivity contribution in [3.8, 4) is 0 Å². The molecule has 7 nitrogen and oxygen atoms in total. The third kappa shape index (κ3) is 10.4. The number of carbonyl (C=O) groups excluding carboxylic acids is 3. The molecule has 7 heteroatoms. The molecular formula is C32H47N3O4. The van der Waals surface area contributed by atoms with Crippen molar-refractivity contribution in [3.63, 3.8) is 0 Å². The van der Waals surface area contributed by atoms with Crippen LogP contribution in [0, 0.1) is 12.8 Å². The number of benzene rings is 2. The molecule has 0 saturated heterocycles. The zero-order valence-electron chi connectivity index (χ0n) is 24.8. The number of nitrogens with one attached hydrogen (secondary N) is 2. The summed E-state index contributed by atoms with van der Waals surface area (Å²) in [6, 6.07) is 15.2. The highest BCUT2D eigenvalue weighted by atomic mass is 16.6. The van der Waals surface area contributed by atoms with Crippen molar-refractivity contribution in [2.24, 2.45) is 5.92 Å². The third-order valence-corrected chi connectivity index (χ3v) is 6.47. The standard InChI is InChI=1S/C32H47N3O4/c1-8-9-10-11-17-22-35(30(37)27(23(2)3)34-31(38)39-32(5,6)7)28(25-19-13-12-14-20-25)29(36)33-26-21-16-15-18-24(26)4/h12-16,18-21,23,27-28H,8-11,17,22H2,1-7H3,(H,33,36)(H,34,38). The summed E-state index contributed by atoms with van der Waals surface area (Å²) in [5.41, 5.74) is 1.64. The number of hydrogen-bond acceptors (Lipinski definition) is 4. The summed E-state index contributed by atoms with van der Waals surface area (Å²) in [4.78, 5) is 42.5. The number of alkyl carbamates (subject to hydrolysis) is 1. The van der Waals surface area contributed by atoms with Gasteiger partial charge in [-0.1, -0.05) is 95.0 Å². The van der Waals surface area contributed by atoms with Gasteiger partial charge in [-0.25, -0.2) is 4.79 Å². The molecule has 39 heavy (non-hydrogen) atoms. The molecule has 0 spiro atoms. The fraction of sp³-hybridized carbons (Fsp3) is 0.531. The van der Waals surface area contributed by atoms with Crippen molar-refractivity contribution >= 4 is 23.6 Å². The molecule has 0 saturated carbocycles. The van der Waals surface area contributed by atoms with E-state index in [-0.39, 0.29) is 17.7 Å². The van der Waals surface area contributed by atoms with E-state index in [2.05, 4.69) is 17.6 Å². The van der Waals surface area contributed by atoms with Crippen molar-refractivity contribution in [2.45, 2.75) is 98.3 Å². The van der Waals surface area contributed by atoms with Crippen LogP contribution in [0.15, 0.2) is 54.6 Å². The predicted octanol–water partition coefficient (Wildman–Crippen LogP) is 7.02. The van der Waals surface area contributed by atoms with Crippen molar-refractivity contribution in [1.82, 2.24) is 10.2 Å². The van der Waals surface area contributed by atoms with Gasteiger partial charge in [0.05, 0.1) is 0 Å². The number of ether oxygens (including phenoxy) is 1. The van der Waals surface area contributed by atoms with E-state index < -0.39 is 23.8 Å². The average Bonchev–Trinajstić information content (AvgIpc) is 2.86. The van der Waals surface area contributed by atoms with Gasteiger partial charge in [0.2, 0.25) is 5.91 Å². The van der Waals surface area contributed by atoms with Gasteiger partial charge in [-0.3, -0.25) is 9.59 Å². The lowest BCUT2D eigenvalue weighted by Crippen LogP contribution is -2.54. The monoisotopic (exact) mass is 537 g/mol. The highest BCUT2D eigenvalue weighted by Gasteiger charge is 2.37. The molecule has 214 valence electrons. The normalized spacial score (nSPS) is 12.9. The lowest BCUT2D eigenvalue weighted by atomic mass is 9.98. The molecule has 0 radical (unpaired) electrons. The second-order valence-electron chi connectivity index (χ2n) is 11.4. The number of amides is 3. The Morgan fingerprint density at radius 1 is 0.897 bits per heavy atom. The Morgan fingerprint density at radius 3 is 2.10 bits per heavy atom. The Balaban J connectivity index is 2.47. The second-order valence-corrected chi connectivity index (χ2v) is 11.4. The minimum Gasteiger partial charge on any atom is -0.444 e. The summed E-state index contributed by atoms with van der Waals surface area (Å²) in [6.45, 7) is 13.6. The molecule has 0 bridgehead atoms. The van der Waals surface area contributed by atoms with Gasteiger partial charge in [0, 0.05) is 12.2 Å². The van der Waals surface area contributed by atoms with E-state index in [9.17, 15) is 14.4 Å². The number of aryl methyl sites for hydroxylation is 1. The van der Waals surface area contributed by atoms with E-state index in [4.69, 9.17) is 4.74 Å². The highest BCUT2D eigenvalue weighted by Crippen LogP contribution is 2.27. The number of hydrogen-bond donors (Lipinski definition) is 2. The van der Waals surface area contributed by atoms with Crippen LogP contribution in [-0.4, -0.2) is 41.0 Å². The first kappa shape index (κ1) is 31.9. The largest absolute Gasteiger partial charge is 0.444 e. The summed E-state index contributed by atoms with van der Waals surface area (Å²) in [5.74, 6) is -0.819. The van der Waals surface area contributed by atoms with Crippen molar-refractivity contribution in [2.75, 3.05) is 11.9 Å². The highest BCUT2D eigenvalue weighted by molar-refractivity contribution is 5.99. The van der Waals surface area contributed by atoms with Crippen molar-refractivity contribution < 1.29 is 19.1 Å². The zero-order chi connectivity index (χ0) is 29.0. The number of unbranched alkanes of at least 4 members (excludes halogenated alkanes) is 4. The van der Waals surface area contributed by atoms with Gasteiger partial charge in [0.25, 0.3) is 5.91 Å². The van der Waals surface area contributed by atoms with Crippen LogP contribution in [0.1, 0.15) is 90.8 Å². The molecule has 2 aromatic rings. The lowest BCUT2D eigenvalue weighted by molar-refractivity contribution is -0.141. The Kier molecular flexibility index (Phi) is 12.5. The lowest BCUT2D eigenvalue weighted by Gasteiger charge is -2.35. The van der Waals surface area contributed by atoms with Crippen LogP contribution in [-0.2, 0) is 14.3 Å². The zero-order valence-corrected chi connectivity index (χ0v) is 24.8. The van der Waals surface area contributed by atoms with Gasteiger partial charge in [-0.05, 0) is 57.2 Å². The maximum Gasteiger partial charge on any atom is 0.408 e. The first-order valence-corrected chi connectivity index (χ1v) is 14.2. The summed E-state index contributed by atoms with van der Waals surface area (Å²) < 4.78 is 5.46. The number of anilines is 1. The van der Waals surface area contributed by atoms with Crippen LogP contribution in [0.25, 0.3) is 0 Å². The minimum absolute atomic E-state index is 0.219. The van der Waals surface area contributed by atoms with E-state index in [0.717, 1.165) is 37.7 Å². The molecule has 2 aromatic carbocycles. The average molecular weight is 538 g/mol. The van der Waals surface area contributed by atoms with Gasteiger partial charge in [0.1, 0.15) is 17.7 Å². The topological polar surface area (TPSA) is 87.7 Å². The number of carbonyl (C=O) groups is 3. The Labute approximate surface area is 234 Å². The van der Waals surface area contributed by atoms with Crippen LogP contribution in [0.3, 0.4) is 0 Å². The van der Waals surface area contributed by atoms with E-state index in [1.54, 1.807) is 25.7 Å². The van der Waals surface area contributed by atoms with E-state index in [0.29, 0.717) is 17.8 Å². The smallest absolute Gasteiger partial charge is 0.408 e. The molecule has 2 unspecified atom stereocenters. The molecule has 0 aliphatic rings. The van der Waals surface area contributed by atoms with Crippen LogP contribution >= 0.6 is 0 Å². The Morgan fingerprint density at radius 2 is 1.51 bits per heavy atom. The second kappa shape index (κ2) is 15.3. The minimum atomic E-state index is -0.869. The van der Waals surface area contributed by atoms with Gasteiger partial charge >= 0.3 is 6.09 Å². The molecule has 2 N–H and O–H groups in total. The Hall–Kier alpha value is -3.35. The number of para-hydroxylation sites is 1. The molecule has 0 fully saturated rings. The third-order valence-electron chi connectivity index (χ3n) is 6.47. The predicted molar refractivity (Wildman–Crippen MR) is 157 cm³/mol. The maximum atomic E-state index is 14.2. The first-order valence-electron chi connectivity index (χ1n) is 14.2. The van der Waals surface area contributed by atoms with Gasteiger partial charge in [0.15, 0.2) is 0 Å². The Bertz CT molecular complexity index is 1060.